The van der Waals surface area contributed by atoms with Crippen LogP contribution in [-0.2, 0) is 10.2 Å². The Balaban J connectivity index is 0.00000147. The molecule has 0 spiro atoms. The summed E-state index contributed by atoms with van der Waals surface area (Å²) in [6, 6.07) is 8.30. The van der Waals surface area contributed by atoms with Crippen molar-refractivity contribution in [3.63, 3.8) is 0 Å². The SMILES string of the molecule is COc1cccc([C@@]23CCNC[C@H]2CCC(=O)C3)c1.Cl. The lowest BCUT2D eigenvalue weighted by atomic mass is 9.59. The Labute approximate surface area is 126 Å². The summed E-state index contributed by atoms with van der Waals surface area (Å²) < 4.78 is 5.35. The van der Waals surface area contributed by atoms with Crippen molar-refractivity contribution in [2.24, 2.45) is 5.92 Å². The molecule has 1 saturated heterocycles. The van der Waals surface area contributed by atoms with E-state index in [1.54, 1.807) is 7.11 Å². The molecule has 1 aliphatic heterocycles. The Kier molecular flexibility index (Phi) is 4.71. The summed E-state index contributed by atoms with van der Waals surface area (Å²) in [7, 11) is 1.70. The van der Waals surface area contributed by atoms with Crippen molar-refractivity contribution in [3.05, 3.63) is 29.8 Å². The summed E-state index contributed by atoms with van der Waals surface area (Å²) in [4.78, 5) is 12.0. The summed E-state index contributed by atoms with van der Waals surface area (Å²) in [5, 5.41) is 3.48. The minimum atomic E-state index is 0. The lowest BCUT2D eigenvalue weighted by molar-refractivity contribution is -0.124. The smallest absolute Gasteiger partial charge is 0.133 e. The largest absolute Gasteiger partial charge is 0.497 e. The molecule has 2 fully saturated rings. The maximum atomic E-state index is 12.0. The van der Waals surface area contributed by atoms with Gasteiger partial charge in [-0.2, -0.15) is 0 Å². The van der Waals surface area contributed by atoms with Crippen molar-refractivity contribution in [2.75, 3.05) is 20.2 Å². The number of benzene rings is 1. The van der Waals surface area contributed by atoms with Crippen LogP contribution in [0.25, 0.3) is 0 Å². The molecule has 1 heterocycles. The zero-order chi connectivity index (χ0) is 13.3. The van der Waals surface area contributed by atoms with E-state index in [1.807, 2.05) is 12.1 Å². The predicted octanol–water partition coefficient (Wildman–Crippen LogP) is 2.72. The average molecular weight is 296 g/mol. The van der Waals surface area contributed by atoms with Gasteiger partial charge in [0.1, 0.15) is 11.5 Å². The van der Waals surface area contributed by atoms with Crippen molar-refractivity contribution in [1.82, 2.24) is 5.32 Å². The first-order valence-corrected chi connectivity index (χ1v) is 7.11. The van der Waals surface area contributed by atoms with Gasteiger partial charge in [0, 0.05) is 18.3 Å². The van der Waals surface area contributed by atoms with E-state index in [0.717, 1.165) is 38.1 Å². The topological polar surface area (TPSA) is 38.3 Å². The monoisotopic (exact) mass is 295 g/mol. The molecule has 0 aromatic heterocycles. The second-order valence-electron chi connectivity index (χ2n) is 5.79. The molecule has 20 heavy (non-hydrogen) atoms. The van der Waals surface area contributed by atoms with E-state index in [2.05, 4.69) is 17.4 Å². The molecule has 1 aromatic rings. The van der Waals surface area contributed by atoms with Crippen molar-refractivity contribution in [1.29, 1.82) is 0 Å². The van der Waals surface area contributed by atoms with Gasteiger partial charge in [-0.05, 0) is 49.5 Å². The van der Waals surface area contributed by atoms with Crippen molar-refractivity contribution >= 4 is 18.2 Å². The normalized spacial score (nSPS) is 29.2. The molecule has 2 aliphatic rings. The van der Waals surface area contributed by atoms with E-state index in [0.29, 0.717) is 18.1 Å². The summed E-state index contributed by atoms with van der Waals surface area (Å²) >= 11 is 0. The van der Waals surface area contributed by atoms with Gasteiger partial charge in [-0.25, -0.2) is 0 Å². The van der Waals surface area contributed by atoms with Gasteiger partial charge in [0.2, 0.25) is 0 Å². The van der Waals surface area contributed by atoms with Gasteiger partial charge in [-0.3, -0.25) is 4.79 Å². The zero-order valence-corrected chi connectivity index (χ0v) is 12.7. The fourth-order valence-corrected chi connectivity index (χ4v) is 3.79. The van der Waals surface area contributed by atoms with Gasteiger partial charge < -0.3 is 10.1 Å². The first kappa shape index (κ1) is 15.3. The van der Waals surface area contributed by atoms with Gasteiger partial charge in [0.05, 0.1) is 7.11 Å². The van der Waals surface area contributed by atoms with E-state index in [4.69, 9.17) is 4.74 Å². The van der Waals surface area contributed by atoms with Crippen LogP contribution in [0.15, 0.2) is 24.3 Å². The number of ketones is 1. The average Bonchev–Trinajstić information content (AvgIpc) is 2.47. The molecular formula is C16H22ClNO2. The molecular weight excluding hydrogens is 274 g/mol. The number of rotatable bonds is 2. The second-order valence-corrected chi connectivity index (χ2v) is 5.79. The third kappa shape index (κ3) is 2.57. The lowest BCUT2D eigenvalue weighted by Crippen LogP contribution is -2.51. The quantitative estimate of drug-likeness (QED) is 0.912. The maximum Gasteiger partial charge on any atom is 0.133 e. The molecule has 4 heteroatoms. The second kappa shape index (κ2) is 6.15. The Morgan fingerprint density at radius 1 is 1.40 bits per heavy atom. The Hall–Kier alpha value is -1.06. The number of carbonyl (C=O) groups is 1. The molecule has 1 aromatic carbocycles. The molecule has 3 nitrogen and oxygen atoms in total. The lowest BCUT2D eigenvalue weighted by Gasteiger charge is -2.47. The van der Waals surface area contributed by atoms with Crippen LogP contribution >= 0.6 is 12.4 Å². The number of Topliss-reactive ketones (excluding diaryl/α,β-unsaturated/α-hetero) is 1. The van der Waals surface area contributed by atoms with Gasteiger partial charge in [-0.15, -0.1) is 12.4 Å². The number of nitrogens with one attached hydrogen (secondary N) is 1. The van der Waals surface area contributed by atoms with E-state index < -0.39 is 0 Å². The molecule has 3 rings (SSSR count). The summed E-state index contributed by atoms with van der Waals surface area (Å²) in [6.45, 7) is 2.03. The fourth-order valence-electron chi connectivity index (χ4n) is 3.79. The van der Waals surface area contributed by atoms with Crippen LogP contribution in [0.4, 0.5) is 0 Å². The van der Waals surface area contributed by atoms with Crippen LogP contribution in [-0.4, -0.2) is 26.0 Å². The minimum absolute atomic E-state index is 0. The molecule has 2 atom stereocenters. The molecule has 1 aliphatic carbocycles. The van der Waals surface area contributed by atoms with E-state index in [9.17, 15) is 4.79 Å². The van der Waals surface area contributed by atoms with Gasteiger partial charge >= 0.3 is 0 Å². The molecule has 110 valence electrons. The zero-order valence-electron chi connectivity index (χ0n) is 11.9. The van der Waals surface area contributed by atoms with Crippen LogP contribution in [0.5, 0.6) is 5.75 Å². The Bertz CT molecular complexity index is 491. The third-order valence-corrected chi connectivity index (χ3v) is 4.85. The maximum absolute atomic E-state index is 12.0. The molecule has 1 saturated carbocycles. The molecule has 0 unspecified atom stereocenters. The first-order valence-electron chi connectivity index (χ1n) is 7.11. The highest BCUT2D eigenvalue weighted by Gasteiger charge is 2.46. The highest BCUT2D eigenvalue weighted by molar-refractivity contribution is 5.85. The molecule has 0 radical (unpaired) electrons. The number of hydrogen-bond acceptors (Lipinski definition) is 3. The standard InChI is InChI=1S/C16H21NO2.ClH/c1-19-15-4-2-3-12(9-15)16-7-8-17-11-13(16)5-6-14(18)10-16;/h2-4,9,13,17H,5-8,10-11H2,1H3;1H/t13-,16+;/m1./s1. The molecule has 0 amide bonds. The van der Waals surface area contributed by atoms with Crippen LogP contribution in [0.3, 0.4) is 0 Å². The fraction of sp³-hybridized carbons (Fsp3) is 0.562. The first-order chi connectivity index (χ1) is 9.24. The summed E-state index contributed by atoms with van der Waals surface area (Å²) in [6.07, 6.45) is 3.52. The minimum Gasteiger partial charge on any atom is -0.497 e. The number of carbonyl (C=O) groups excluding carboxylic acids is 1. The summed E-state index contributed by atoms with van der Waals surface area (Å²) in [5.74, 6) is 1.88. The third-order valence-electron chi connectivity index (χ3n) is 4.85. The van der Waals surface area contributed by atoms with E-state index >= 15 is 0 Å². The number of piperidine rings is 1. The number of fused-ring (bicyclic) bond motifs is 1. The number of hydrogen-bond donors (Lipinski definition) is 1. The van der Waals surface area contributed by atoms with Gasteiger partial charge in [-0.1, -0.05) is 12.1 Å². The van der Waals surface area contributed by atoms with E-state index in [1.165, 1.54) is 5.56 Å². The van der Waals surface area contributed by atoms with Crippen molar-refractivity contribution in [2.45, 2.75) is 31.1 Å². The van der Waals surface area contributed by atoms with Crippen LogP contribution in [0, 0.1) is 5.92 Å². The number of methoxy groups -OCH3 is 1. The van der Waals surface area contributed by atoms with Crippen LogP contribution in [0.2, 0.25) is 0 Å². The van der Waals surface area contributed by atoms with Crippen molar-refractivity contribution in [3.8, 4) is 5.75 Å². The highest BCUT2D eigenvalue weighted by atomic mass is 35.5. The van der Waals surface area contributed by atoms with E-state index in [-0.39, 0.29) is 17.8 Å². The number of ether oxygens (including phenoxy) is 1. The molecule has 1 N–H and O–H groups in total. The predicted molar refractivity (Wildman–Crippen MR) is 81.8 cm³/mol. The summed E-state index contributed by atoms with van der Waals surface area (Å²) in [5.41, 5.74) is 1.32. The van der Waals surface area contributed by atoms with Crippen molar-refractivity contribution < 1.29 is 9.53 Å². The Morgan fingerprint density at radius 2 is 2.25 bits per heavy atom. The van der Waals surface area contributed by atoms with Gasteiger partial charge in [0.15, 0.2) is 0 Å². The highest BCUT2D eigenvalue weighted by Crippen LogP contribution is 2.46. The van der Waals surface area contributed by atoms with Gasteiger partial charge in [0.25, 0.3) is 0 Å². The number of halogens is 1. The van der Waals surface area contributed by atoms with Crippen LogP contribution < -0.4 is 10.1 Å². The Morgan fingerprint density at radius 3 is 3.05 bits per heavy atom. The molecule has 0 bridgehead atoms. The van der Waals surface area contributed by atoms with Crippen LogP contribution in [0.1, 0.15) is 31.2 Å².